The second kappa shape index (κ2) is 8.34. The van der Waals surface area contributed by atoms with E-state index >= 15 is 0 Å². The van der Waals surface area contributed by atoms with Crippen molar-refractivity contribution in [2.24, 2.45) is 0 Å². The zero-order valence-electron chi connectivity index (χ0n) is 11.9. The predicted octanol–water partition coefficient (Wildman–Crippen LogP) is 3.25. The van der Waals surface area contributed by atoms with Gasteiger partial charge in [0.25, 0.3) is 0 Å². The molecule has 1 fully saturated rings. The third kappa shape index (κ3) is 4.96. The lowest BCUT2D eigenvalue weighted by atomic mass is 9.95. The van der Waals surface area contributed by atoms with Crippen LogP contribution in [0.3, 0.4) is 0 Å². The Labute approximate surface area is 117 Å². The minimum Gasteiger partial charge on any atom is -0.396 e. The molecule has 106 valence electrons. The van der Waals surface area contributed by atoms with Crippen LogP contribution in [0.25, 0.3) is 0 Å². The highest BCUT2D eigenvalue weighted by Crippen LogP contribution is 2.21. The first-order valence-electron chi connectivity index (χ1n) is 7.79. The van der Waals surface area contributed by atoms with Crippen LogP contribution in [0.4, 0.5) is 0 Å². The molecule has 0 aromatic heterocycles. The van der Waals surface area contributed by atoms with Crippen molar-refractivity contribution in [2.45, 2.75) is 51.0 Å². The van der Waals surface area contributed by atoms with E-state index < -0.39 is 0 Å². The number of hydrogen-bond acceptors (Lipinski definition) is 2. The molecule has 0 bridgehead atoms. The molecular weight excluding hydrogens is 234 g/mol. The number of benzene rings is 1. The van der Waals surface area contributed by atoms with E-state index in [-0.39, 0.29) is 0 Å². The Morgan fingerprint density at radius 3 is 2.74 bits per heavy atom. The van der Waals surface area contributed by atoms with Gasteiger partial charge in [0.2, 0.25) is 0 Å². The van der Waals surface area contributed by atoms with Gasteiger partial charge in [-0.1, -0.05) is 36.8 Å². The van der Waals surface area contributed by atoms with E-state index in [0.717, 1.165) is 18.9 Å². The van der Waals surface area contributed by atoms with E-state index in [4.69, 9.17) is 5.11 Å². The van der Waals surface area contributed by atoms with Gasteiger partial charge in [0.1, 0.15) is 0 Å². The Hall–Kier alpha value is -0.860. The summed E-state index contributed by atoms with van der Waals surface area (Å²) in [5.41, 5.74) is 1.46. The summed E-state index contributed by atoms with van der Waals surface area (Å²) in [6.45, 7) is 2.76. The third-order valence-corrected chi connectivity index (χ3v) is 4.21. The van der Waals surface area contributed by atoms with Gasteiger partial charge in [-0.3, -0.25) is 0 Å². The normalized spacial score (nSPS) is 20.6. The Bertz CT molecular complexity index is 338. The first kappa shape index (κ1) is 14.5. The molecule has 2 nitrogen and oxygen atoms in total. The molecule has 2 rings (SSSR count). The molecule has 1 aromatic rings. The Morgan fingerprint density at radius 2 is 1.95 bits per heavy atom. The van der Waals surface area contributed by atoms with Gasteiger partial charge in [-0.25, -0.2) is 0 Å². The molecule has 0 amide bonds. The Morgan fingerprint density at radius 1 is 1.11 bits per heavy atom. The first-order valence-corrected chi connectivity index (χ1v) is 7.79. The van der Waals surface area contributed by atoms with Gasteiger partial charge in [0, 0.05) is 12.6 Å². The summed E-state index contributed by atoms with van der Waals surface area (Å²) < 4.78 is 0. The fraction of sp³-hybridized carbons (Fsp3) is 0.647. The molecule has 19 heavy (non-hydrogen) atoms. The lowest BCUT2D eigenvalue weighted by molar-refractivity contribution is 0.134. The summed E-state index contributed by atoms with van der Waals surface area (Å²) in [4.78, 5) is 2.65. The molecule has 2 heteroatoms. The Balaban J connectivity index is 1.78. The van der Waals surface area contributed by atoms with Crippen molar-refractivity contribution in [3.8, 4) is 0 Å². The number of unbranched alkanes of at least 4 members (excludes halogenated alkanes) is 1. The number of nitrogens with zero attached hydrogens (tertiary/aromatic N) is 1. The molecule has 1 aromatic carbocycles. The minimum atomic E-state index is 0.336. The summed E-state index contributed by atoms with van der Waals surface area (Å²) >= 11 is 0. The van der Waals surface area contributed by atoms with E-state index in [1.54, 1.807) is 0 Å². The van der Waals surface area contributed by atoms with Crippen LogP contribution in [-0.2, 0) is 6.42 Å². The van der Waals surface area contributed by atoms with Gasteiger partial charge in [-0.05, 0) is 57.2 Å². The summed E-state index contributed by atoms with van der Waals surface area (Å²) in [7, 11) is 0. The van der Waals surface area contributed by atoms with Crippen molar-refractivity contribution in [1.82, 2.24) is 4.90 Å². The first-order chi connectivity index (χ1) is 9.40. The van der Waals surface area contributed by atoms with Crippen LogP contribution >= 0.6 is 0 Å². The molecule has 1 aliphatic heterocycles. The van der Waals surface area contributed by atoms with Crippen LogP contribution < -0.4 is 0 Å². The number of rotatable bonds is 7. The molecule has 0 unspecified atom stereocenters. The predicted molar refractivity (Wildman–Crippen MR) is 80.3 cm³/mol. The topological polar surface area (TPSA) is 23.5 Å². The average Bonchev–Trinajstić information content (AvgIpc) is 2.48. The van der Waals surface area contributed by atoms with Gasteiger partial charge in [0.15, 0.2) is 0 Å². The van der Waals surface area contributed by atoms with Crippen molar-refractivity contribution < 1.29 is 5.11 Å². The lowest BCUT2D eigenvalue weighted by Gasteiger charge is -2.36. The van der Waals surface area contributed by atoms with Gasteiger partial charge in [-0.15, -0.1) is 0 Å². The molecule has 1 saturated heterocycles. The molecule has 1 atom stereocenters. The zero-order chi connectivity index (χ0) is 13.3. The second-order valence-corrected chi connectivity index (χ2v) is 5.64. The lowest BCUT2D eigenvalue weighted by Crippen LogP contribution is -2.40. The number of aliphatic hydroxyl groups is 1. The quantitative estimate of drug-likeness (QED) is 0.762. The van der Waals surface area contributed by atoms with Gasteiger partial charge in [-0.2, -0.15) is 0 Å². The van der Waals surface area contributed by atoms with E-state index in [9.17, 15) is 0 Å². The molecule has 0 spiro atoms. The van der Waals surface area contributed by atoms with Crippen LogP contribution in [0.1, 0.15) is 44.1 Å². The fourth-order valence-electron chi connectivity index (χ4n) is 3.09. The molecule has 1 N–H and O–H groups in total. The maximum absolute atomic E-state index is 8.90. The van der Waals surface area contributed by atoms with Crippen molar-refractivity contribution in [2.75, 3.05) is 19.7 Å². The molecule has 1 aliphatic rings. The largest absolute Gasteiger partial charge is 0.396 e. The highest BCUT2D eigenvalue weighted by atomic mass is 16.2. The fourth-order valence-corrected chi connectivity index (χ4v) is 3.09. The highest BCUT2D eigenvalue weighted by Gasteiger charge is 2.21. The molecular formula is C17H27NO. The highest BCUT2D eigenvalue weighted by molar-refractivity contribution is 5.14. The van der Waals surface area contributed by atoms with Crippen LogP contribution in [0.5, 0.6) is 0 Å². The SMILES string of the molecule is OCCCCN1CCCC[C@@H]1CCc1ccccc1. The smallest absolute Gasteiger partial charge is 0.0431 e. The minimum absolute atomic E-state index is 0.336. The summed E-state index contributed by atoms with van der Waals surface area (Å²) in [6, 6.07) is 11.6. The number of likely N-dealkylation sites (tertiary alicyclic amines) is 1. The van der Waals surface area contributed by atoms with E-state index in [0.29, 0.717) is 6.61 Å². The Kier molecular flexibility index (Phi) is 6.38. The number of aliphatic hydroxyl groups excluding tert-OH is 1. The van der Waals surface area contributed by atoms with E-state index in [2.05, 4.69) is 35.2 Å². The molecule has 0 saturated carbocycles. The number of aryl methyl sites for hydroxylation is 1. The summed E-state index contributed by atoms with van der Waals surface area (Å²) in [6.07, 6.45) is 8.65. The van der Waals surface area contributed by atoms with Crippen molar-refractivity contribution in [1.29, 1.82) is 0 Å². The maximum atomic E-state index is 8.90. The van der Waals surface area contributed by atoms with Gasteiger partial charge >= 0.3 is 0 Å². The van der Waals surface area contributed by atoms with Crippen LogP contribution in [0.15, 0.2) is 30.3 Å². The zero-order valence-corrected chi connectivity index (χ0v) is 11.9. The van der Waals surface area contributed by atoms with Gasteiger partial charge < -0.3 is 10.0 Å². The molecule has 0 radical (unpaired) electrons. The average molecular weight is 261 g/mol. The standard InChI is InChI=1S/C17H27NO/c19-15-7-6-14-18-13-5-4-10-17(18)12-11-16-8-2-1-3-9-16/h1-3,8-9,17,19H,4-7,10-15H2/t17-/m1/s1. The van der Waals surface area contributed by atoms with Crippen LogP contribution in [-0.4, -0.2) is 35.7 Å². The number of piperidine rings is 1. The van der Waals surface area contributed by atoms with Gasteiger partial charge in [0.05, 0.1) is 0 Å². The van der Waals surface area contributed by atoms with E-state index in [1.807, 2.05) is 0 Å². The number of hydrogen-bond donors (Lipinski definition) is 1. The van der Waals surface area contributed by atoms with Crippen molar-refractivity contribution in [3.05, 3.63) is 35.9 Å². The van der Waals surface area contributed by atoms with Crippen LogP contribution in [0, 0.1) is 0 Å². The summed E-state index contributed by atoms with van der Waals surface area (Å²) in [5, 5.41) is 8.90. The third-order valence-electron chi connectivity index (χ3n) is 4.21. The van der Waals surface area contributed by atoms with Crippen molar-refractivity contribution >= 4 is 0 Å². The molecule has 1 heterocycles. The second-order valence-electron chi connectivity index (χ2n) is 5.64. The van der Waals surface area contributed by atoms with Crippen molar-refractivity contribution in [3.63, 3.8) is 0 Å². The van der Waals surface area contributed by atoms with E-state index in [1.165, 1.54) is 50.8 Å². The monoisotopic (exact) mass is 261 g/mol. The maximum Gasteiger partial charge on any atom is 0.0431 e. The summed E-state index contributed by atoms with van der Waals surface area (Å²) in [5.74, 6) is 0. The molecule has 0 aliphatic carbocycles. The van der Waals surface area contributed by atoms with Crippen LogP contribution in [0.2, 0.25) is 0 Å².